The Morgan fingerprint density at radius 2 is 2.00 bits per heavy atom. The van der Waals surface area contributed by atoms with E-state index in [0.717, 1.165) is 35.2 Å². The van der Waals surface area contributed by atoms with E-state index in [0.29, 0.717) is 39.8 Å². The molecule has 1 aliphatic carbocycles. The van der Waals surface area contributed by atoms with Crippen LogP contribution >= 0.6 is 23.4 Å². The van der Waals surface area contributed by atoms with E-state index in [1.807, 2.05) is 47.1 Å². The first kappa shape index (κ1) is 21.9. The average molecular weight is 483 g/mol. The van der Waals surface area contributed by atoms with Crippen molar-refractivity contribution in [2.75, 3.05) is 19.5 Å². The largest absolute Gasteiger partial charge is 0.493 e. The number of nitrogens with one attached hydrogen (secondary N) is 1. The number of aromatic nitrogens is 3. The van der Waals surface area contributed by atoms with E-state index in [-0.39, 0.29) is 11.8 Å². The Morgan fingerprint density at radius 3 is 2.79 bits per heavy atom. The third-order valence-corrected chi connectivity index (χ3v) is 6.97. The van der Waals surface area contributed by atoms with Gasteiger partial charge in [-0.15, -0.1) is 5.10 Å². The van der Waals surface area contributed by atoms with Gasteiger partial charge in [-0.1, -0.05) is 41.6 Å². The topological polar surface area (TPSA) is 78.3 Å². The number of hydrogen-bond donors (Lipinski definition) is 1. The molecule has 0 bridgehead atoms. The second-order valence-electron chi connectivity index (χ2n) is 7.89. The summed E-state index contributed by atoms with van der Waals surface area (Å²) >= 11 is 7.65. The van der Waals surface area contributed by atoms with E-state index in [1.165, 1.54) is 11.8 Å². The van der Waals surface area contributed by atoms with Crippen molar-refractivity contribution >= 4 is 35.1 Å². The van der Waals surface area contributed by atoms with Crippen molar-refractivity contribution in [1.29, 1.82) is 0 Å². The van der Waals surface area contributed by atoms with Gasteiger partial charge < -0.3 is 14.8 Å². The van der Waals surface area contributed by atoms with Crippen molar-refractivity contribution < 1.29 is 14.3 Å². The lowest BCUT2D eigenvalue weighted by atomic mass is 9.85. The number of ether oxygens (including phenoxy) is 2. The third kappa shape index (κ3) is 4.20. The van der Waals surface area contributed by atoms with Crippen molar-refractivity contribution in [1.82, 2.24) is 14.8 Å². The van der Waals surface area contributed by atoms with Crippen LogP contribution in [0.3, 0.4) is 0 Å². The van der Waals surface area contributed by atoms with Gasteiger partial charge in [0.1, 0.15) is 6.04 Å². The molecule has 0 fully saturated rings. The number of hydrogen-bond acceptors (Lipinski definition) is 7. The molecular formula is C24H23ClN4O3S. The van der Waals surface area contributed by atoms with Crippen LogP contribution in [0.4, 0.5) is 5.95 Å². The van der Waals surface area contributed by atoms with Gasteiger partial charge in [0, 0.05) is 28.5 Å². The predicted octanol–water partition coefficient (Wildman–Crippen LogP) is 5.26. The zero-order chi connectivity index (χ0) is 22.9. The standard InChI is InChI=1S/C24H23ClN4O3S/c1-31-19-10-9-15(12-20(19)32-2)22-21-17(7-4-8-18(21)30)26-23-27-24(28-29(22)23)33-13-14-5-3-6-16(25)11-14/h3,5-6,9-12,22H,4,7-8,13H2,1-2H3,(H,26,27,28)/t22-/m0/s1. The van der Waals surface area contributed by atoms with E-state index in [4.69, 9.17) is 31.2 Å². The van der Waals surface area contributed by atoms with Crippen molar-refractivity contribution in [2.45, 2.75) is 36.2 Å². The van der Waals surface area contributed by atoms with Gasteiger partial charge in [-0.05, 0) is 48.2 Å². The van der Waals surface area contributed by atoms with Crippen molar-refractivity contribution in [3.63, 3.8) is 0 Å². The van der Waals surface area contributed by atoms with E-state index in [1.54, 1.807) is 14.2 Å². The molecule has 0 amide bonds. The maximum Gasteiger partial charge on any atom is 0.227 e. The SMILES string of the molecule is COc1ccc([C@H]2C3=C(CCCC3=O)Nc3nc(SCc4cccc(Cl)c4)nn32)cc1OC. The van der Waals surface area contributed by atoms with Gasteiger partial charge in [-0.25, -0.2) is 4.68 Å². The van der Waals surface area contributed by atoms with Crippen molar-refractivity contribution in [3.05, 3.63) is 69.9 Å². The Labute approximate surface area is 201 Å². The minimum Gasteiger partial charge on any atom is -0.493 e. The molecule has 3 aromatic rings. The maximum absolute atomic E-state index is 13.0. The van der Waals surface area contributed by atoms with Gasteiger partial charge in [-0.3, -0.25) is 4.79 Å². The molecule has 2 aromatic carbocycles. The van der Waals surface area contributed by atoms with E-state index >= 15 is 0 Å². The Hall–Kier alpha value is -2.97. The molecule has 7 nitrogen and oxygen atoms in total. The number of carbonyl (C=O) groups is 1. The summed E-state index contributed by atoms with van der Waals surface area (Å²) in [7, 11) is 3.21. The first-order valence-corrected chi connectivity index (χ1v) is 12.0. The van der Waals surface area contributed by atoms with Crippen LogP contribution in [-0.4, -0.2) is 34.8 Å². The van der Waals surface area contributed by atoms with Crippen LogP contribution in [0.25, 0.3) is 0 Å². The molecule has 0 radical (unpaired) electrons. The fourth-order valence-corrected chi connectivity index (χ4v) is 5.29. The fourth-order valence-electron chi connectivity index (χ4n) is 4.30. The quantitative estimate of drug-likeness (QED) is 0.480. The molecule has 33 heavy (non-hydrogen) atoms. The lowest BCUT2D eigenvalue weighted by Gasteiger charge is -2.32. The highest BCUT2D eigenvalue weighted by molar-refractivity contribution is 7.98. The monoisotopic (exact) mass is 482 g/mol. The van der Waals surface area contributed by atoms with Crippen LogP contribution in [0.5, 0.6) is 11.5 Å². The number of anilines is 1. The van der Waals surface area contributed by atoms with Gasteiger partial charge in [0.05, 0.1) is 14.2 Å². The molecule has 1 aromatic heterocycles. The predicted molar refractivity (Wildman–Crippen MR) is 128 cm³/mol. The number of Topliss-reactive ketones (excluding diaryl/α,β-unsaturated/α-hetero) is 1. The number of rotatable bonds is 6. The summed E-state index contributed by atoms with van der Waals surface area (Å²) in [4.78, 5) is 17.7. The molecule has 170 valence electrons. The Bertz CT molecular complexity index is 1260. The van der Waals surface area contributed by atoms with Gasteiger partial charge in [0.15, 0.2) is 17.3 Å². The number of thioether (sulfide) groups is 1. The number of halogens is 1. The van der Waals surface area contributed by atoms with Crippen molar-refractivity contribution in [3.8, 4) is 11.5 Å². The van der Waals surface area contributed by atoms with Crippen molar-refractivity contribution in [2.24, 2.45) is 0 Å². The minimum absolute atomic E-state index is 0.137. The summed E-state index contributed by atoms with van der Waals surface area (Å²) in [6.07, 6.45) is 2.17. The molecule has 5 rings (SSSR count). The second kappa shape index (κ2) is 9.11. The normalized spacial score (nSPS) is 17.3. The van der Waals surface area contributed by atoms with E-state index in [9.17, 15) is 4.79 Å². The summed E-state index contributed by atoms with van der Waals surface area (Å²) in [5.41, 5.74) is 3.67. The highest BCUT2D eigenvalue weighted by Crippen LogP contribution is 2.42. The number of benzene rings is 2. The zero-order valence-electron chi connectivity index (χ0n) is 18.3. The highest BCUT2D eigenvalue weighted by atomic mass is 35.5. The Morgan fingerprint density at radius 1 is 1.15 bits per heavy atom. The smallest absolute Gasteiger partial charge is 0.227 e. The van der Waals surface area contributed by atoms with Gasteiger partial charge >= 0.3 is 0 Å². The number of ketones is 1. The average Bonchev–Trinajstić information content (AvgIpc) is 3.23. The molecule has 1 N–H and O–H groups in total. The van der Waals surface area contributed by atoms with E-state index in [2.05, 4.69) is 5.32 Å². The Balaban J connectivity index is 1.53. The molecular weight excluding hydrogens is 460 g/mol. The minimum atomic E-state index is -0.378. The lowest BCUT2D eigenvalue weighted by Crippen LogP contribution is -2.31. The maximum atomic E-state index is 13.0. The van der Waals surface area contributed by atoms with Crippen LogP contribution in [0.15, 0.2) is 58.9 Å². The summed E-state index contributed by atoms with van der Waals surface area (Å²) in [6.45, 7) is 0. The van der Waals surface area contributed by atoms with Crippen LogP contribution < -0.4 is 14.8 Å². The Kier molecular flexibility index (Phi) is 6.03. The highest BCUT2D eigenvalue weighted by Gasteiger charge is 2.37. The van der Waals surface area contributed by atoms with Crippen LogP contribution in [0.1, 0.15) is 36.4 Å². The summed E-state index contributed by atoms with van der Waals surface area (Å²) in [6, 6.07) is 13.1. The van der Waals surface area contributed by atoms with Gasteiger partial charge in [0.25, 0.3) is 0 Å². The van der Waals surface area contributed by atoms with Crippen LogP contribution in [-0.2, 0) is 10.5 Å². The molecule has 0 unspecified atom stereocenters. The molecule has 1 aliphatic heterocycles. The number of carbonyl (C=O) groups excluding carboxylic acids is 1. The second-order valence-corrected chi connectivity index (χ2v) is 9.27. The molecule has 2 heterocycles. The molecule has 0 spiro atoms. The lowest BCUT2D eigenvalue weighted by molar-refractivity contribution is -0.116. The molecule has 2 aliphatic rings. The summed E-state index contributed by atoms with van der Waals surface area (Å²) in [5.74, 6) is 2.71. The van der Waals surface area contributed by atoms with E-state index < -0.39 is 0 Å². The number of nitrogens with zero attached hydrogens (tertiary/aromatic N) is 3. The first-order valence-electron chi connectivity index (χ1n) is 10.7. The summed E-state index contributed by atoms with van der Waals surface area (Å²) < 4.78 is 12.7. The summed E-state index contributed by atoms with van der Waals surface area (Å²) in [5, 5.41) is 9.49. The third-order valence-electron chi connectivity index (χ3n) is 5.83. The fraction of sp³-hybridized carbons (Fsp3) is 0.292. The first-order chi connectivity index (χ1) is 16.1. The van der Waals surface area contributed by atoms with Crippen LogP contribution in [0, 0.1) is 0 Å². The number of allylic oxidation sites excluding steroid dienone is 2. The van der Waals surface area contributed by atoms with Gasteiger partial charge in [-0.2, -0.15) is 4.98 Å². The molecule has 9 heteroatoms. The zero-order valence-corrected chi connectivity index (χ0v) is 19.9. The number of fused-ring (bicyclic) bond motifs is 1. The number of methoxy groups -OCH3 is 2. The molecule has 0 saturated heterocycles. The van der Waals surface area contributed by atoms with Crippen LogP contribution in [0.2, 0.25) is 5.02 Å². The molecule has 0 saturated carbocycles. The molecule has 1 atom stereocenters. The van der Waals surface area contributed by atoms with Gasteiger partial charge in [0.2, 0.25) is 11.1 Å².